The van der Waals surface area contributed by atoms with Gasteiger partial charge < -0.3 is 19.7 Å². The summed E-state index contributed by atoms with van der Waals surface area (Å²) in [6.45, 7) is 4.41. The standard InChI is InChI=1S/C23H27N5S/c1-16(2)27-15-7-9-20(27)22-21(19-8-5-6-14-24-19)25-23(29)28(22)18-12-10-17(11-13-18)26(3)4/h5-16,21-22H,1-4H3,(H,25,29)/t21-,22+/m1/s1. The summed E-state index contributed by atoms with van der Waals surface area (Å²) < 4.78 is 2.32. The van der Waals surface area contributed by atoms with Crippen molar-refractivity contribution in [3.63, 3.8) is 0 Å². The van der Waals surface area contributed by atoms with E-state index in [2.05, 4.69) is 87.2 Å². The maximum absolute atomic E-state index is 5.81. The van der Waals surface area contributed by atoms with Gasteiger partial charge in [0.15, 0.2) is 5.11 Å². The number of nitrogens with one attached hydrogen (secondary N) is 1. The zero-order valence-electron chi connectivity index (χ0n) is 17.3. The number of aromatic nitrogens is 2. The number of rotatable bonds is 5. The van der Waals surface area contributed by atoms with E-state index in [0.29, 0.717) is 6.04 Å². The molecule has 1 aliphatic rings. The number of thiocarbonyl (C=S) groups is 1. The van der Waals surface area contributed by atoms with E-state index in [9.17, 15) is 0 Å². The lowest BCUT2D eigenvalue weighted by Crippen LogP contribution is -2.30. The summed E-state index contributed by atoms with van der Waals surface area (Å²) in [6, 6.07) is 19.2. The highest BCUT2D eigenvalue weighted by atomic mass is 32.1. The molecule has 1 saturated heterocycles. The third kappa shape index (κ3) is 3.60. The summed E-state index contributed by atoms with van der Waals surface area (Å²) in [5.41, 5.74) is 4.45. The van der Waals surface area contributed by atoms with Gasteiger partial charge in [-0.2, -0.15) is 0 Å². The Labute approximate surface area is 178 Å². The fourth-order valence-corrected chi connectivity index (χ4v) is 4.32. The van der Waals surface area contributed by atoms with Crippen LogP contribution in [0.15, 0.2) is 67.0 Å². The topological polar surface area (TPSA) is 36.3 Å². The molecule has 0 spiro atoms. The summed E-state index contributed by atoms with van der Waals surface area (Å²) >= 11 is 5.81. The summed E-state index contributed by atoms with van der Waals surface area (Å²) in [7, 11) is 4.10. The molecule has 0 saturated carbocycles. The first-order valence-corrected chi connectivity index (χ1v) is 10.3. The molecule has 0 bridgehead atoms. The van der Waals surface area contributed by atoms with Crippen LogP contribution in [0.1, 0.15) is 43.4 Å². The zero-order chi connectivity index (χ0) is 20.5. The van der Waals surface area contributed by atoms with E-state index in [-0.39, 0.29) is 12.1 Å². The first-order chi connectivity index (χ1) is 14.0. The van der Waals surface area contributed by atoms with Gasteiger partial charge in [0.1, 0.15) is 6.04 Å². The van der Waals surface area contributed by atoms with Crippen molar-refractivity contribution in [2.24, 2.45) is 0 Å². The molecular weight excluding hydrogens is 378 g/mol. The van der Waals surface area contributed by atoms with Gasteiger partial charge in [-0.1, -0.05) is 6.07 Å². The molecule has 2 atom stereocenters. The number of nitrogens with zero attached hydrogens (tertiary/aromatic N) is 4. The van der Waals surface area contributed by atoms with Gasteiger partial charge >= 0.3 is 0 Å². The van der Waals surface area contributed by atoms with Crippen LogP contribution in [0, 0.1) is 0 Å². The minimum absolute atomic E-state index is 0.0139. The van der Waals surface area contributed by atoms with Crippen molar-refractivity contribution in [2.75, 3.05) is 23.9 Å². The van der Waals surface area contributed by atoms with Crippen LogP contribution in [0.25, 0.3) is 0 Å². The average Bonchev–Trinajstić information content (AvgIpc) is 3.33. The third-order valence-corrected chi connectivity index (χ3v) is 5.73. The lowest BCUT2D eigenvalue weighted by atomic mass is 10.0. The van der Waals surface area contributed by atoms with Crippen molar-refractivity contribution >= 4 is 28.7 Å². The highest BCUT2D eigenvalue weighted by molar-refractivity contribution is 7.80. The first-order valence-electron chi connectivity index (χ1n) is 9.92. The zero-order valence-corrected chi connectivity index (χ0v) is 18.1. The lowest BCUT2D eigenvalue weighted by molar-refractivity contribution is 0.497. The number of anilines is 2. The average molecular weight is 406 g/mol. The molecule has 1 fully saturated rings. The van der Waals surface area contributed by atoms with Crippen LogP contribution in [0.4, 0.5) is 11.4 Å². The Balaban J connectivity index is 1.82. The Morgan fingerprint density at radius 1 is 1.03 bits per heavy atom. The Bertz CT molecular complexity index is 978. The van der Waals surface area contributed by atoms with Gasteiger partial charge in [0.2, 0.25) is 0 Å². The quantitative estimate of drug-likeness (QED) is 0.622. The van der Waals surface area contributed by atoms with E-state index in [1.807, 2.05) is 32.4 Å². The van der Waals surface area contributed by atoms with Gasteiger partial charge in [-0.15, -0.1) is 0 Å². The summed E-state index contributed by atoms with van der Waals surface area (Å²) in [4.78, 5) is 8.95. The lowest BCUT2D eigenvalue weighted by Gasteiger charge is -2.30. The molecule has 29 heavy (non-hydrogen) atoms. The van der Waals surface area contributed by atoms with Crippen molar-refractivity contribution in [1.82, 2.24) is 14.9 Å². The largest absolute Gasteiger partial charge is 0.378 e. The van der Waals surface area contributed by atoms with Crippen molar-refractivity contribution in [3.8, 4) is 0 Å². The van der Waals surface area contributed by atoms with Gasteiger partial charge in [0.25, 0.3) is 0 Å². The smallest absolute Gasteiger partial charge is 0.174 e. The van der Waals surface area contributed by atoms with E-state index in [4.69, 9.17) is 12.2 Å². The molecule has 4 rings (SSSR count). The molecule has 1 aliphatic heterocycles. The summed E-state index contributed by atoms with van der Waals surface area (Å²) in [5.74, 6) is 0. The Morgan fingerprint density at radius 2 is 1.79 bits per heavy atom. The predicted octanol–water partition coefficient (Wildman–Crippen LogP) is 4.71. The molecule has 0 radical (unpaired) electrons. The second-order valence-electron chi connectivity index (χ2n) is 7.84. The second-order valence-corrected chi connectivity index (χ2v) is 8.23. The minimum Gasteiger partial charge on any atom is -0.378 e. The monoisotopic (exact) mass is 405 g/mol. The van der Waals surface area contributed by atoms with Crippen LogP contribution in [-0.4, -0.2) is 28.8 Å². The Morgan fingerprint density at radius 3 is 2.41 bits per heavy atom. The van der Waals surface area contributed by atoms with Crippen LogP contribution in [0.5, 0.6) is 0 Å². The second kappa shape index (κ2) is 7.87. The van der Waals surface area contributed by atoms with Gasteiger partial charge in [0.05, 0.1) is 11.7 Å². The molecule has 150 valence electrons. The molecule has 3 heterocycles. The van der Waals surface area contributed by atoms with E-state index >= 15 is 0 Å². The van der Waals surface area contributed by atoms with Crippen LogP contribution in [0.3, 0.4) is 0 Å². The SMILES string of the molecule is CC(C)n1cccc1[C@H]1[C@@H](c2ccccn2)NC(=S)N1c1ccc(N(C)C)cc1. The third-order valence-electron chi connectivity index (χ3n) is 5.41. The minimum atomic E-state index is -0.0235. The normalized spacial score (nSPS) is 18.9. The Hall–Kier alpha value is -2.86. The van der Waals surface area contributed by atoms with Crippen LogP contribution >= 0.6 is 12.2 Å². The van der Waals surface area contributed by atoms with Crippen LogP contribution < -0.4 is 15.1 Å². The van der Waals surface area contributed by atoms with Crippen molar-refractivity contribution in [3.05, 3.63) is 78.4 Å². The molecule has 6 heteroatoms. The fraction of sp³-hybridized carbons (Fsp3) is 0.304. The van der Waals surface area contributed by atoms with Gasteiger partial charge in [0, 0.05) is 49.6 Å². The molecule has 5 nitrogen and oxygen atoms in total. The van der Waals surface area contributed by atoms with Gasteiger partial charge in [-0.25, -0.2) is 0 Å². The predicted molar refractivity (Wildman–Crippen MR) is 124 cm³/mol. The highest BCUT2D eigenvalue weighted by Gasteiger charge is 2.42. The maximum Gasteiger partial charge on any atom is 0.174 e. The fourth-order valence-electron chi connectivity index (χ4n) is 3.97. The maximum atomic E-state index is 5.81. The molecule has 3 aromatic rings. The molecule has 1 aromatic carbocycles. The summed E-state index contributed by atoms with van der Waals surface area (Å²) in [6.07, 6.45) is 3.98. The molecule has 0 aliphatic carbocycles. The number of hydrogen-bond donors (Lipinski definition) is 1. The van der Waals surface area contributed by atoms with Crippen molar-refractivity contribution < 1.29 is 0 Å². The first kappa shape index (κ1) is 19.5. The molecule has 0 unspecified atom stereocenters. The van der Waals surface area contributed by atoms with Crippen LogP contribution in [-0.2, 0) is 0 Å². The van der Waals surface area contributed by atoms with E-state index in [1.165, 1.54) is 5.69 Å². The number of benzene rings is 1. The Kier molecular flexibility index (Phi) is 5.28. The van der Waals surface area contributed by atoms with Gasteiger partial charge in [-0.05, 0) is 74.6 Å². The molecule has 2 aromatic heterocycles. The van der Waals surface area contributed by atoms with Gasteiger partial charge in [-0.3, -0.25) is 4.98 Å². The van der Waals surface area contributed by atoms with E-state index in [1.54, 1.807) is 0 Å². The number of hydrogen-bond acceptors (Lipinski definition) is 3. The molecule has 0 amide bonds. The number of pyridine rings is 1. The molecular formula is C23H27N5S. The van der Waals surface area contributed by atoms with Crippen molar-refractivity contribution in [2.45, 2.75) is 32.0 Å². The van der Waals surface area contributed by atoms with E-state index < -0.39 is 0 Å². The van der Waals surface area contributed by atoms with Crippen molar-refractivity contribution in [1.29, 1.82) is 0 Å². The van der Waals surface area contributed by atoms with Crippen LogP contribution in [0.2, 0.25) is 0 Å². The molecule has 1 N–H and O–H groups in total. The highest BCUT2D eigenvalue weighted by Crippen LogP contribution is 2.42. The van der Waals surface area contributed by atoms with E-state index in [0.717, 1.165) is 22.2 Å². The summed E-state index contributed by atoms with van der Waals surface area (Å²) in [5, 5.41) is 4.25.